The van der Waals surface area contributed by atoms with Gasteiger partial charge in [-0.2, -0.15) is 0 Å². The number of nitrogens with one attached hydrogen (secondary N) is 1. The summed E-state index contributed by atoms with van der Waals surface area (Å²) >= 11 is 11.4. The Bertz CT molecular complexity index is 1220. The number of hydrogen-bond donors (Lipinski definition) is 2. The molecule has 0 unspecified atom stereocenters. The SMILES string of the molecule is CC.Cc1cc2nccc(Oc3ccc(NC(=S)N4CC(F)C4)c(Cl)c3F)c2cc1C(N)=O. The minimum Gasteiger partial charge on any atom is -0.453 e. The molecule has 1 aromatic heterocycles. The Kier molecular flexibility index (Phi) is 7.65. The minimum atomic E-state index is -0.920. The molecule has 0 bridgehead atoms. The molecule has 2 aromatic carbocycles. The zero-order chi connectivity index (χ0) is 24.3. The first-order valence-corrected chi connectivity index (χ1v) is 11.1. The summed E-state index contributed by atoms with van der Waals surface area (Å²) in [6.45, 7) is 6.13. The lowest BCUT2D eigenvalue weighted by Crippen LogP contribution is -2.52. The van der Waals surface area contributed by atoms with E-state index in [0.717, 1.165) is 0 Å². The number of rotatable bonds is 4. The molecular weight excluding hydrogens is 470 g/mol. The van der Waals surface area contributed by atoms with Crippen molar-refractivity contribution in [3.8, 4) is 11.5 Å². The van der Waals surface area contributed by atoms with Gasteiger partial charge in [-0.25, -0.2) is 8.78 Å². The fraction of sp³-hybridized carbons (Fsp3) is 0.261. The van der Waals surface area contributed by atoms with Crippen LogP contribution in [0.15, 0.2) is 36.5 Å². The van der Waals surface area contributed by atoms with Gasteiger partial charge >= 0.3 is 0 Å². The van der Waals surface area contributed by atoms with Crippen LogP contribution in [0.5, 0.6) is 11.5 Å². The Morgan fingerprint density at radius 3 is 2.61 bits per heavy atom. The number of likely N-dealkylation sites (tertiary alicyclic amines) is 1. The third kappa shape index (κ3) is 5.15. The normalized spacial score (nSPS) is 13.1. The minimum absolute atomic E-state index is 0.122. The number of nitrogens with two attached hydrogens (primary N) is 1. The molecular formula is C23H23ClF2N4O2S. The number of carbonyl (C=O) groups is 1. The molecule has 1 amide bonds. The second-order valence-electron chi connectivity index (χ2n) is 7.13. The highest BCUT2D eigenvalue weighted by Gasteiger charge is 2.28. The molecule has 6 nitrogen and oxygen atoms in total. The Hall–Kier alpha value is -3.04. The highest BCUT2D eigenvalue weighted by molar-refractivity contribution is 7.80. The molecule has 2 heterocycles. The zero-order valence-electron chi connectivity index (χ0n) is 18.3. The first-order valence-electron chi connectivity index (χ1n) is 10.3. The van der Waals surface area contributed by atoms with Crippen molar-refractivity contribution >= 4 is 51.4 Å². The number of aryl methyl sites for hydroxylation is 1. The topological polar surface area (TPSA) is 80.5 Å². The summed E-state index contributed by atoms with van der Waals surface area (Å²) in [5, 5.41) is 3.37. The fourth-order valence-electron chi connectivity index (χ4n) is 3.24. The van der Waals surface area contributed by atoms with Crippen molar-refractivity contribution in [2.24, 2.45) is 5.73 Å². The number of pyridine rings is 1. The molecule has 0 atom stereocenters. The number of fused-ring (bicyclic) bond motifs is 1. The summed E-state index contributed by atoms with van der Waals surface area (Å²) in [6.07, 6.45) is 0.594. The molecule has 1 aliphatic heterocycles. The number of anilines is 1. The molecule has 3 N–H and O–H groups in total. The van der Waals surface area contributed by atoms with Crippen LogP contribution < -0.4 is 15.8 Å². The monoisotopic (exact) mass is 492 g/mol. The number of primary amides is 1. The fourth-order valence-corrected chi connectivity index (χ4v) is 3.70. The maximum absolute atomic E-state index is 14.9. The van der Waals surface area contributed by atoms with Gasteiger partial charge in [-0.05, 0) is 55.0 Å². The molecule has 4 rings (SSSR count). The van der Waals surface area contributed by atoms with Crippen molar-refractivity contribution in [2.75, 3.05) is 18.4 Å². The van der Waals surface area contributed by atoms with Crippen LogP contribution in [0.4, 0.5) is 14.5 Å². The molecule has 10 heteroatoms. The van der Waals surface area contributed by atoms with Crippen LogP contribution in [0.25, 0.3) is 10.9 Å². The third-order valence-corrected chi connectivity index (χ3v) is 5.68. The Morgan fingerprint density at radius 2 is 1.97 bits per heavy atom. The van der Waals surface area contributed by atoms with Gasteiger partial charge in [-0.15, -0.1) is 0 Å². The van der Waals surface area contributed by atoms with Gasteiger partial charge in [-0.3, -0.25) is 9.78 Å². The number of alkyl halides is 1. The van der Waals surface area contributed by atoms with Gasteiger partial charge in [0.2, 0.25) is 5.91 Å². The van der Waals surface area contributed by atoms with Crippen LogP contribution in [-0.2, 0) is 0 Å². The van der Waals surface area contributed by atoms with Crippen LogP contribution in [0.2, 0.25) is 5.02 Å². The van der Waals surface area contributed by atoms with Crippen LogP contribution >= 0.6 is 23.8 Å². The summed E-state index contributed by atoms with van der Waals surface area (Å²) in [7, 11) is 0. The number of ether oxygens (including phenoxy) is 1. The number of aromatic nitrogens is 1. The molecule has 3 aromatic rings. The van der Waals surface area contributed by atoms with Gasteiger partial charge in [0.25, 0.3) is 0 Å². The molecule has 33 heavy (non-hydrogen) atoms. The summed E-state index contributed by atoms with van der Waals surface area (Å²) in [5.74, 6) is -1.22. The average molecular weight is 493 g/mol. The largest absolute Gasteiger partial charge is 0.453 e. The van der Waals surface area contributed by atoms with E-state index in [1.165, 1.54) is 18.3 Å². The van der Waals surface area contributed by atoms with Gasteiger partial charge in [0.05, 0.1) is 24.3 Å². The lowest BCUT2D eigenvalue weighted by molar-refractivity contribution is 0.1000. The van der Waals surface area contributed by atoms with Crippen LogP contribution in [-0.4, -0.2) is 40.2 Å². The van der Waals surface area contributed by atoms with E-state index in [4.69, 9.17) is 34.3 Å². The molecule has 0 saturated carbocycles. The number of amides is 1. The first-order chi connectivity index (χ1) is 15.7. The quantitative estimate of drug-likeness (QED) is 0.461. The molecule has 0 spiro atoms. The van der Waals surface area contributed by atoms with E-state index < -0.39 is 17.9 Å². The number of benzene rings is 2. The zero-order valence-corrected chi connectivity index (χ0v) is 19.9. The van der Waals surface area contributed by atoms with Crippen molar-refractivity contribution in [3.63, 3.8) is 0 Å². The van der Waals surface area contributed by atoms with Crippen molar-refractivity contribution in [1.29, 1.82) is 0 Å². The summed E-state index contributed by atoms with van der Waals surface area (Å²) < 4.78 is 33.7. The average Bonchev–Trinajstić information content (AvgIpc) is 2.77. The molecule has 1 aliphatic rings. The first kappa shape index (κ1) is 24.6. The van der Waals surface area contributed by atoms with Crippen LogP contribution in [0, 0.1) is 12.7 Å². The van der Waals surface area contributed by atoms with E-state index >= 15 is 0 Å². The third-order valence-electron chi connectivity index (χ3n) is 4.95. The van der Waals surface area contributed by atoms with Gasteiger partial charge in [0, 0.05) is 17.1 Å². The number of hydrogen-bond acceptors (Lipinski definition) is 4. The van der Waals surface area contributed by atoms with Crippen molar-refractivity contribution < 1.29 is 18.3 Å². The molecule has 1 fully saturated rings. The van der Waals surface area contributed by atoms with Gasteiger partial charge in [-0.1, -0.05) is 25.4 Å². The number of halogens is 3. The highest BCUT2D eigenvalue weighted by atomic mass is 35.5. The summed E-state index contributed by atoms with van der Waals surface area (Å²) in [5.41, 5.74) is 7.23. The van der Waals surface area contributed by atoms with E-state index in [1.807, 2.05) is 13.8 Å². The van der Waals surface area contributed by atoms with Gasteiger partial charge < -0.3 is 20.7 Å². The summed E-state index contributed by atoms with van der Waals surface area (Å²) in [6, 6.07) is 7.73. The van der Waals surface area contributed by atoms with Crippen molar-refractivity contribution in [3.05, 3.63) is 58.5 Å². The van der Waals surface area contributed by atoms with E-state index in [-0.39, 0.29) is 40.4 Å². The Balaban J connectivity index is 0.00000149. The maximum Gasteiger partial charge on any atom is 0.248 e. The highest BCUT2D eigenvalue weighted by Crippen LogP contribution is 2.37. The van der Waals surface area contributed by atoms with Gasteiger partial charge in [0.15, 0.2) is 16.7 Å². The van der Waals surface area contributed by atoms with Crippen LogP contribution in [0.1, 0.15) is 29.8 Å². The van der Waals surface area contributed by atoms with E-state index in [9.17, 15) is 13.6 Å². The maximum atomic E-state index is 14.9. The summed E-state index contributed by atoms with van der Waals surface area (Å²) in [4.78, 5) is 17.6. The molecule has 1 saturated heterocycles. The van der Waals surface area contributed by atoms with Gasteiger partial charge in [0.1, 0.15) is 16.9 Å². The molecule has 0 aliphatic carbocycles. The standard InChI is InChI=1S/C21H17ClF2N4O2S.C2H6/c1-10-6-15-13(7-12(10)20(25)29)16(4-5-26-15)30-17-3-2-14(18(22)19(17)24)27-21(31)28-8-11(23)9-28;1-2/h2-7,11H,8-9H2,1H3,(H2,25,29)(H,27,31);1-2H3. The van der Waals surface area contributed by atoms with E-state index in [2.05, 4.69) is 10.3 Å². The van der Waals surface area contributed by atoms with E-state index in [0.29, 0.717) is 22.0 Å². The predicted octanol–water partition coefficient (Wildman–Crippen LogP) is 5.60. The van der Waals surface area contributed by atoms with Crippen molar-refractivity contribution in [2.45, 2.75) is 26.9 Å². The lowest BCUT2D eigenvalue weighted by Gasteiger charge is -2.36. The lowest BCUT2D eigenvalue weighted by atomic mass is 10.0. The number of thiocarbonyl (C=S) groups is 1. The Morgan fingerprint density at radius 1 is 1.27 bits per heavy atom. The Labute approximate surface area is 200 Å². The molecule has 174 valence electrons. The van der Waals surface area contributed by atoms with Crippen molar-refractivity contribution in [1.82, 2.24) is 9.88 Å². The predicted molar refractivity (Wildman–Crippen MR) is 131 cm³/mol. The molecule has 0 radical (unpaired) electrons. The second-order valence-corrected chi connectivity index (χ2v) is 7.90. The second kappa shape index (κ2) is 10.3. The number of carbonyl (C=O) groups excluding carboxylic acids is 1. The van der Waals surface area contributed by atoms with E-state index in [1.54, 1.807) is 30.0 Å². The smallest absolute Gasteiger partial charge is 0.248 e. The number of nitrogens with zero attached hydrogens (tertiary/aromatic N) is 2. The van der Waals surface area contributed by atoms with Crippen LogP contribution in [0.3, 0.4) is 0 Å².